The van der Waals surface area contributed by atoms with Crippen LogP contribution in [0.3, 0.4) is 0 Å². The van der Waals surface area contributed by atoms with Crippen molar-refractivity contribution in [3.63, 3.8) is 0 Å². The molecule has 4 rings (SSSR count). The van der Waals surface area contributed by atoms with Crippen LogP contribution in [0.25, 0.3) is 0 Å². The maximum absolute atomic E-state index is 12.7. The zero-order chi connectivity index (χ0) is 21.0. The first-order chi connectivity index (χ1) is 13.7. The fraction of sp³-hybridized carbons (Fsp3) is 0.708. The number of methoxy groups -OCH3 is 1. The smallest absolute Gasteiger partial charge is 0.220 e. The van der Waals surface area contributed by atoms with Crippen LogP contribution in [0.15, 0.2) is 18.2 Å². The number of hydrogen-bond donors (Lipinski definition) is 2. The predicted octanol–water partition coefficient (Wildman–Crippen LogP) is 4.45. The lowest BCUT2D eigenvalue weighted by Gasteiger charge is -2.53. The third-order valence-corrected chi connectivity index (χ3v) is 7.96. The van der Waals surface area contributed by atoms with Gasteiger partial charge in [0, 0.05) is 24.6 Å². The second-order valence-electron chi connectivity index (χ2n) is 10.3. The molecule has 3 fully saturated rings. The number of carbonyl (C=O) groups excluding carboxylic acids is 1. The highest BCUT2D eigenvalue weighted by Crippen LogP contribution is 2.70. The molecule has 1 heterocycles. The fourth-order valence-corrected chi connectivity index (χ4v) is 6.62. The third-order valence-electron chi connectivity index (χ3n) is 7.96. The summed E-state index contributed by atoms with van der Waals surface area (Å²) in [4.78, 5) is 12.7. The molecule has 160 valence electrons. The molecule has 2 N–H and O–H groups in total. The summed E-state index contributed by atoms with van der Waals surface area (Å²) in [6.45, 7) is 9.45. The lowest BCUT2D eigenvalue weighted by atomic mass is 9.58. The van der Waals surface area contributed by atoms with Gasteiger partial charge in [-0.15, -0.1) is 0 Å². The quantitative estimate of drug-likeness (QED) is 0.765. The molecule has 5 heteroatoms. The average Bonchev–Trinajstić information content (AvgIpc) is 3.14. The van der Waals surface area contributed by atoms with Crippen molar-refractivity contribution < 1.29 is 19.4 Å². The molecule has 1 saturated heterocycles. The van der Waals surface area contributed by atoms with Gasteiger partial charge in [0.2, 0.25) is 5.91 Å². The second kappa shape index (κ2) is 7.19. The van der Waals surface area contributed by atoms with Gasteiger partial charge in [-0.05, 0) is 53.9 Å². The van der Waals surface area contributed by atoms with E-state index >= 15 is 0 Å². The number of benzene rings is 1. The fourth-order valence-electron chi connectivity index (χ4n) is 6.62. The number of rotatable bonds is 5. The molecule has 5 atom stereocenters. The standard InChI is InChI=1S/C24H35NO4/c1-14(2)11-19(26)25-22-23(3,4)15-12-17-21(29-10-9-24(17,22)13-15)16-7-6-8-18(28-5)20(16)27/h6-8,14-15,17,21-22,27H,9-13H2,1-5H3,(H,25,26)/t15-,17-,21-,22-,24?/m1/s1. The van der Waals surface area contributed by atoms with Crippen LogP contribution in [0.1, 0.15) is 65.0 Å². The Bertz CT molecular complexity index is 789. The van der Waals surface area contributed by atoms with E-state index in [2.05, 4.69) is 33.0 Å². The van der Waals surface area contributed by atoms with Gasteiger partial charge in [0.15, 0.2) is 11.5 Å². The number of amides is 1. The molecule has 1 amide bonds. The highest BCUT2D eigenvalue weighted by atomic mass is 16.5. The van der Waals surface area contributed by atoms with Gasteiger partial charge in [-0.25, -0.2) is 0 Å². The van der Waals surface area contributed by atoms with E-state index in [9.17, 15) is 9.90 Å². The van der Waals surface area contributed by atoms with Gasteiger partial charge in [0.25, 0.3) is 0 Å². The normalized spacial score (nSPS) is 34.8. The van der Waals surface area contributed by atoms with Gasteiger partial charge < -0.3 is 19.9 Å². The van der Waals surface area contributed by atoms with E-state index in [0.29, 0.717) is 30.6 Å². The van der Waals surface area contributed by atoms with Crippen molar-refractivity contribution in [3.8, 4) is 11.5 Å². The molecule has 3 aliphatic rings. The molecule has 1 spiro atoms. The highest BCUT2D eigenvalue weighted by Gasteiger charge is 2.68. The van der Waals surface area contributed by atoms with Gasteiger partial charge in [-0.3, -0.25) is 4.79 Å². The van der Waals surface area contributed by atoms with E-state index < -0.39 is 0 Å². The number of hydrogen-bond acceptors (Lipinski definition) is 4. The minimum Gasteiger partial charge on any atom is -0.504 e. The first-order valence-electron chi connectivity index (χ1n) is 11.0. The SMILES string of the molecule is COc1cccc([C@H]2OCCC34C[C@@H](C[C@H]23)C(C)(C)[C@H]4NC(=O)CC(C)C)c1O. The van der Waals surface area contributed by atoms with Gasteiger partial charge in [-0.1, -0.05) is 39.8 Å². The van der Waals surface area contributed by atoms with Crippen LogP contribution in [-0.2, 0) is 9.53 Å². The number of carbonyl (C=O) groups is 1. The maximum atomic E-state index is 12.7. The first kappa shape index (κ1) is 20.5. The summed E-state index contributed by atoms with van der Waals surface area (Å²) in [5, 5.41) is 14.2. The summed E-state index contributed by atoms with van der Waals surface area (Å²) >= 11 is 0. The molecular formula is C24H35NO4. The van der Waals surface area contributed by atoms with Crippen molar-refractivity contribution in [1.29, 1.82) is 0 Å². The molecule has 2 aliphatic carbocycles. The Morgan fingerprint density at radius 2 is 2.14 bits per heavy atom. The van der Waals surface area contributed by atoms with Crippen molar-refractivity contribution in [2.45, 2.75) is 65.5 Å². The number of ether oxygens (including phenoxy) is 2. The van der Waals surface area contributed by atoms with Crippen LogP contribution in [0.5, 0.6) is 11.5 Å². The molecule has 1 aromatic carbocycles. The Morgan fingerprint density at radius 3 is 2.83 bits per heavy atom. The number of phenolic OH excluding ortho intramolecular Hbond substituents is 1. The van der Waals surface area contributed by atoms with E-state index in [0.717, 1.165) is 24.8 Å². The van der Waals surface area contributed by atoms with Crippen molar-refractivity contribution in [2.24, 2.45) is 28.6 Å². The van der Waals surface area contributed by atoms with Crippen LogP contribution in [-0.4, -0.2) is 30.8 Å². The molecule has 2 bridgehead atoms. The third kappa shape index (κ3) is 3.13. The molecule has 5 nitrogen and oxygen atoms in total. The summed E-state index contributed by atoms with van der Waals surface area (Å²) < 4.78 is 11.6. The summed E-state index contributed by atoms with van der Waals surface area (Å²) in [6, 6.07) is 5.78. The lowest BCUT2D eigenvalue weighted by molar-refractivity contribution is -0.138. The Labute approximate surface area is 174 Å². The summed E-state index contributed by atoms with van der Waals surface area (Å²) in [5.74, 6) is 2.01. The van der Waals surface area contributed by atoms with Crippen LogP contribution in [0.4, 0.5) is 0 Å². The van der Waals surface area contributed by atoms with Crippen LogP contribution >= 0.6 is 0 Å². The molecule has 1 aromatic rings. The molecule has 0 aromatic heterocycles. The number of fused-ring (bicyclic) bond motifs is 1. The maximum Gasteiger partial charge on any atom is 0.220 e. The number of para-hydroxylation sites is 1. The number of aromatic hydroxyl groups is 1. The largest absolute Gasteiger partial charge is 0.504 e. The minimum absolute atomic E-state index is 0.0270. The zero-order valence-electron chi connectivity index (χ0n) is 18.3. The monoisotopic (exact) mass is 401 g/mol. The van der Waals surface area contributed by atoms with Crippen LogP contribution in [0.2, 0.25) is 0 Å². The zero-order valence-corrected chi connectivity index (χ0v) is 18.3. The van der Waals surface area contributed by atoms with Gasteiger partial charge in [-0.2, -0.15) is 0 Å². The van der Waals surface area contributed by atoms with Gasteiger partial charge >= 0.3 is 0 Å². The number of phenols is 1. The highest BCUT2D eigenvalue weighted by molar-refractivity contribution is 5.76. The van der Waals surface area contributed by atoms with Crippen LogP contribution < -0.4 is 10.1 Å². The molecule has 1 aliphatic heterocycles. The van der Waals surface area contributed by atoms with Crippen molar-refractivity contribution in [2.75, 3.05) is 13.7 Å². The summed E-state index contributed by atoms with van der Waals surface area (Å²) in [6.07, 6.45) is 3.57. The summed E-state index contributed by atoms with van der Waals surface area (Å²) in [5.41, 5.74) is 0.909. The minimum atomic E-state index is -0.163. The van der Waals surface area contributed by atoms with Crippen molar-refractivity contribution >= 4 is 5.91 Å². The van der Waals surface area contributed by atoms with Crippen molar-refractivity contribution in [1.82, 2.24) is 5.32 Å². The van der Waals surface area contributed by atoms with E-state index in [4.69, 9.17) is 9.47 Å². The Kier molecular flexibility index (Phi) is 5.09. The Hall–Kier alpha value is -1.75. The Balaban J connectivity index is 1.68. The average molecular weight is 402 g/mol. The Morgan fingerprint density at radius 1 is 1.38 bits per heavy atom. The van der Waals surface area contributed by atoms with E-state index in [1.54, 1.807) is 13.2 Å². The summed E-state index contributed by atoms with van der Waals surface area (Å²) in [7, 11) is 1.57. The molecule has 2 saturated carbocycles. The van der Waals surface area contributed by atoms with E-state index in [1.165, 1.54) is 0 Å². The molecule has 0 radical (unpaired) electrons. The number of nitrogens with one attached hydrogen (secondary N) is 1. The van der Waals surface area contributed by atoms with E-state index in [1.807, 2.05) is 12.1 Å². The first-order valence-corrected chi connectivity index (χ1v) is 11.0. The molecular weight excluding hydrogens is 366 g/mol. The topological polar surface area (TPSA) is 67.8 Å². The van der Waals surface area contributed by atoms with E-state index in [-0.39, 0.29) is 40.6 Å². The van der Waals surface area contributed by atoms with Gasteiger partial charge in [0.1, 0.15) is 0 Å². The second-order valence-corrected chi connectivity index (χ2v) is 10.3. The van der Waals surface area contributed by atoms with Crippen molar-refractivity contribution in [3.05, 3.63) is 23.8 Å². The lowest BCUT2D eigenvalue weighted by Crippen LogP contribution is -2.59. The molecule has 29 heavy (non-hydrogen) atoms. The van der Waals surface area contributed by atoms with Crippen LogP contribution in [0, 0.1) is 28.6 Å². The predicted molar refractivity (Wildman–Crippen MR) is 112 cm³/mol. The van der Waals surface area contributed by atoms with Gasteiger partial charge in [0.05, 0.1) is 13.2 Å². The molecule has 1 unspecified atom stereocenters.